The van der Waals surface area contributed by atoms with Gasteiger partial charge in [-0.05, 0) is 12.5 Å². The van der Waals surface area contributed by atoms with Crippen molar-refractivity contribution in [3.05, 3.63) is 22.9 Å². The number of halogens is 2. The molecule has 0 unspecified atom stereocenters. The zero-order valence-corrected chi connectivity index (χ0v) is 8.12. The smallest absolute Gasteiger partial charge is 0.354 e. The van der Waals surface area contributed by atoms with E-state index in [4.69, 9.17) is 5.11 Å². The predicted octanol–water partition coefficient (Wildman–Crippen LogP) is 2.03. The van der Waals surface area contributed by atoms with E-state index in [0.717, 1.165) is 6.07 Å². The van der Waals surface area contributed by atoms with Crippen molar-refractivity contribution in [3.63, 3.8) is 0 Å². The highest BCUT2D eigenvalue weighted by Gasteiger charge is 2.20. The first-order chi connectivity index (χ1) is 6.97. The summed E-state index contributed by atoms with van der Waals surface area (Å²) in [6.07, 6.45) is -2.75. The lowest BCUT2D eigenvalue weighted by Crippen LogP contribution is -2.08. The van der Waals surface area contributed by atoms with Gasteiger partial charge in [-0.1, -0.05) is 0 Å². The topological polar surface area (TPSA) is 59.4 Å². The summed E-state index contributed by atoms with van der Waals surface area (Å²) in [5, 5.41) is 8.73. The monoisotopic (exact) mass is 217 g/mol. The van der Waals surface area contributed by atoms with E-state index >= 15 is 0 Å². The van der Waals surface area contributed by atoms with E-state index in [1.54, 1.807) is 0 Å². The third kappa shape index (κ3) is 2.20. The Hall–Kier alpha value is -1.72. The lowest BCUT2D eigenvalue weighted by molar-refractivity contribution is 0.0687. The molecule has 0 saturated heterocycles. The van der Waals surface area contributed by atoms with E-state index in [9.17, 15) is 13.6 Å². The first-order valence-corrected chi connectivity index (χ1v) is 4.04. The Kier molecular flexibility index (Phi) is 3.18. The second kappa shape index (κ2) is 4.20. The first kappa shape index (κ1) is 11.4. The Balaban J connectivity index is 3.40. The summed E-state index contributed by atoms with van der Waals surface area (Å²) in [6.45, 7) is 1.29. The van der Waals surface area contributed by atoms with Crippen molar-refractivity contribution < 1.29 is 23.4 Å². The summed E-state index contributed by atoms with van der Waals surface area (Å²) >= 11 is 0. The molecular formula is C9H9F2NO3. The fourth-order valence-electron chi connectivity index (χ4n) is 1.14. The minimum absolute atomic E-state index is 0.0432. The Morgan fingerprint density at radius 2 is 2.20 bits per heavy atom. The molecular weight excluding hydrogens is 208 g/mol. The number of ether oxygens (including phenoxy) is 1. The SMILES string of the molecule is COc1cc(C(F)F)c(C)c(C(=O)O)n1. The lowest BCUT2D eigenvalue weighted by atomic mass is 10.1. The van der Waals surface area contributed by atoms with Gasteiger partial charge in [0.05, 0.1) is 7.11 Å². The van der Waals surface area contributed by atoms with Crippen molar-refractivity contribution in [2.24, 2.45) is 0 Å². The molecule has 0 radical (unpaired) electrons. The van der Waals surface area contributed by atoms with Crippen molar-refractivity contribution in [2.75, 3.05) is 7.11 Å². The average molecular weight is 217 g/mol. The number of aromatic nitrogens is 1. The number of aromatic carboxylic acids is 1. The van der Waals surface area contributed by atoms with Crippen LogP contribution in [0.3, 0.4) is 0 Å². The van der Waals surface area contributed by atoms with E-state index in [1.807, 2.05) is 0 Å². The minimum atomic E-state index is -2.75. The fourth-order valence-corrected chi connectivity index (χ4v) is 1.14. The number of hydrogen-bond acceptors (Lipinski definition) is 3. The maximum absolute atomic E-state index is 12.5. The Morgan fingerprint density at radius 1 is 1.60 bits per heavy atom. The number of carboxylic acid groups (broad SMARTS) is 1. The summed E-state index contributed by atoms with van der Waals surface area (Å²) in [4.78, 5) is 14.3. The van der Waals surface area contributed by atoms with Crippen molar-refractivity contribution in [3.8, 4) is 5.88 Å². The van der Waals surface area contributed by atoms with Crippen LogP contribution in [0.1, 0.15) is 28.0 Å². The summed E-state index contributed by atoms with van der Waals surface area (Å²) in [6, 6.07) is 1.03. The van der Waals surface area contributed by atoms with Gasteiger partial charge in [0.15, 0.2) is 5.69 Å². The van der Waals surface area contributed by atoms with Gasteiger partial charge in [0, 0.05) is 11.6 Å². The highest BCUT2D eigenvalue weighted by molar-refractivity contribution is 5.87. The van der Waals surface area contributed by atoms with Crippen LogP contribution in [0.25, 0.3) is 0 Å². The van der Waals surface area contributed by atoms with Gasteiger partial charge < -0.3 is 9.84 Å². The molecule has 1 aromatic rings. The summed E-state index contributed by atoms with van der Waals surface area (Å²) in [7, 11) is 1.23. The van der Waals surface area contributed by atoms with Crippen molar-refractivity contribution in [1.29, 1.82) is 0 Å². The van der Waals surface area contributed by atoms with E-state index in [1.165, 1.54) is 14.0 Å². The largest absolute Gasteiger partial charge is 0.481 e. The quantitative estimate of drug-likeness (QED) is 0.841. The van der Waals surface area contributed by atoms with Gasteiger partial charge in [-0.3, -0.25) is 0 Å². The maximum atomic E-state index is 12.5. The normalized spacial score (nSPS) is 10.5. The molecule has 0 atom stereocenters. The van der Waals surface area contributed by atoms with Crippen LogP contribution >= 0.6 is 0 Å². The standard InChI is InChI=1S/C9H9F2NO3/c1-4-5(8(10)11)3-6(15-2)12-7(4)9(13)14/h3,8H,1-2H3,(H,13,14). The second-order valence-electron chi connectivity index (χ2n) is 2.83. The van der Waals surface area contributed by atoms with Gasteiger partial charge >= 0.3 is 5.97 Å². The molecule has 1 rings (SSSR count). The van der Waals surface area contributed by atoms with E-state index in [-0.39, 0.29) is 17.0 Å². The number of carbonyl (C=O) groups is 1. The predicted molar refractivity (Wildman–Crippen MR) is 47.4 cm³/mol. The number of carboxylic acids is 1. The zero-order chi connectivity index (χ0) is 11.6. The summed E-state index contributed by atoms with van der Waals surface area (Å²) < 4.78 is 29.7. The van der Waals surface area contributed by atoms with Crippen LogP contribution in [-0.2, 0) is 0 Å². The molecule has 1 heterocycles. The molecule has 6 heteroatoms. The summed E-state index contributed by atoms with van der Waals surface area (Å²) in [5.41, 5.74) is -0.831. The number of rotatable bonds is 3. The Labute approximate surface area is 84.5 Å². The van der Waals surface area contributed by atoms with Crippen LogP contribution < -0.4 is 4.74 Å². The minimum Gasteiger partial charge on any atom is -0.481 e. The number of hydrogen-bond donors (Lipinski definition) is 1. The van der Waals surface area contributed by atoms with Crippen molar-refractivity contribution in [1.82, 2.24) is 4.98 Å². The van der Waals surface area contributed by atoms with Crippen LogP contribution in [0.5, 0.6) is 5.88 Å². The number of alkyl halides is 2. The van der Waals surface area contributed by atoms with Crippen molar-refractivity contribution >= 4 is 5.97 Å². The van der Waals surface area contributed by atoms with Gasteiger partial charge in [-0.15, -0.1) is 0 Å². The van der Waals surface area contributed by atoms with Gasteiger partial charge in [0.2, 0.25) is 5.88 Å². The van der Waals surface area contributed by atoms with Gasteiger partial charge in [-0.25, -0.2) is 18.6 Å². The van der Waals surface area contributed by atoms with Crippen LogP contribution in [0, 0.1) is 6.92 Å². The highest BCUT2D eigenvalue weighted by atomic mass is 19.3. The van der Waals surface area contributed by atoms with Gasteiger partial charge in [0.25, 0.3) is 6.43 Å². The van der Waals surface area contributed by atoms with Gasteiger partial charge in [-0.2, -0.15) is 0 Å². The number of nitrogens with zero attached hydrogens (tertiary/aromatic N) is 1. The molecule has 0 aliphatic heterocycles. The fraction of sp³-hybridized carbons (Fsp3) is 0.333. The molecule has 0 amide bonds. The molecule has 0 spiro atoms. The maximum Gasteiger partial charge on any atom is 0.354 e. The number of methoxy groups -OCH3 is 1. The summed E-state index contributed by atoms with van der Waals surface area (Å²) in [5.74, 6) is -1.48. The molecule has 82 valence electrons. The van der Waals surface area contributed by atoms with Crippen molar-refractivity contribution in [2.45, 2.75) is 13.3 Å². The van der Waals surface area contributed by atoms with E-state index in [2.05, 4.69) is 9.72 Å². The molecule has 1 aromatic heterocycles. The molecule has 0 bridgehead atoms. The third-order valence-electron chi connectivity index (χ3n) is 1.94. The molecule has 0 aliphatic rings. The van der Waals surface area contributed by atoms with Crippen LogP contribution in [0.4, 0.5) is 8.78 Å². The molecule has 4 nitrogen and oxygen atoms in total. The molecule has 0 aromatic carbocycles. The second-order valence-corrected chi connectivity index (χ2v) is 2.83. The molecule has 0 fully saturated rings. The highest BCUT2D eigenvalue weighted by Crippen LogP contribution is 2.27. The molecule has 1 N–H and O–H groups in total. The van der Waals surface area contributed by atoms with Crippen LogP contribution in [0.15, 0.2) is 6.07 Å². The molecule has 0 aliphatic carbocycles. The zero-order valence-electron chi connectivity index (χ0n) is 8.12. The lowest BCUT2D eigenvalue weighted by Gasteiger charge is -2.09. The third-order valence-corrected chi connectivity index (χ3v) is 1.94. The van der Waals surface area contributed by atoms with Gasteiger partial charge in [0.1, 0.15) is 0 Å². The molecule has 0 saturated carbocycles. The van der Waals surface area contributed by atoms with E-state index in [0.29, 0.717) is 0 Å². The Bertz CT molecular complexity index is 393. The molecule has 15 heavy (non-hydrogen) atoms. The first-order valence-electron chi connectivity index (χ1n) is 4.04. The number of pyridine rings is 1. The average Bonchev–Trinajstić information content (AvgIpc) is 2.17. The Morgan fingerprint density at radius 3 is 2.60 bits per heavy atom. The van der Waals surface area contributed by atoms with E-state index < -0.39 is 18.1 Å². The van der Waals surface area contributed by atoms with Crippen LogP contribution in [0.2, 0.25) is 0 Å². The van der Waals surface area contributed by atoms with Crippen LogP contribution in [-0.4, -0.2) is 23.2 Å².